The number of nitrogens with zero attached hydrogens (tertiary/aromatic N) is 3. The second kappa shape index (κ2) is 6.04. The molecular weight excluding hydrogens is 345 g/mol. The summed E-state index contributed by atoms with van der Waals surface area (Å²) >= 11 is 2.79. The summed E-state index contributed by atoms with van der Waals surface area (Å²) in [4.78, 5) is 19.8. The highest BCUT2D eigenvalue weighted by molar-refractivity contribution is 7.99. The maximum Gasteiger partial charge on any atom is 0.267 e. The molecule has 3 aromatic rings. The first-order valence-corrected chi connectivity index (χ1v) is 9.32. The van der Waals surface area contributed by atoms with Crippen LogP contribution in [0.2, 0.25) is 0 Å². The monoisotopic (exact) mass is 357 g/mol. The van der Waals surface area contributed by atoms with Crippen LogP contribution in [0, 0.1) is 17.1 Å². The van der Waals surface area contributed by atoms with Crippen LogP contribution < -0.4 is 5.56 Å². The number of aryl methyl sites for hydroxylation is 2. The fraction of sp³-hybridized carbons (Fsp3) is 0.235. The predicted octanol–water partition coefficient (Wildman–Crippen LogP) is 3.69. The molecule has 0 aliphatic heterocycles. The smallest absolute Gasteiger partial charge is 0.267 e. The van der Waals surface area contributed by atoms with Gasteiger partial charge in [0.25, 0.3) is 5.56 Å². The third-order valence-corrected chi connectivity index (χ3v) is 6.05. The second-order valence-electron chi connectivity index (χ2n) is 5.50. The number of hydrogen-bond acceptors (Lipinski definition) is 5. The average Bonchev–Trinajstić information content (AvgIpc) is 3.14. The van der Waals surface area contributed by atoms with Crippen LogP contribution in [0.3, 0.4) is 0 Å². The van der Waals surface area contributed by atoms with E-state index in [0.717, 1.165) is 29.7 Å². The highest BCUT2D eigenvalue weighted by atomic mass is 32.2. The van der Waals surface area contributed by atoms with Gasteiger partial charge >= 0.3 is 0 Å². The molecule has 0 N–H and O–H groups in total. The maximum absolute atomic E-state index is 13.2. The Hall–Kier alpha value is -2.17. The summed E-state index contributed by atoms with van der Waals surface area (Å²) in [6.45, 7) is 0. The largest absolute Gasteiger partial charge is 0.268 e. The molecule has 0 amide bonds. The van der Waals surface area contributed by atoms with Gasteiger partial charge in [0.1, 0.15) is 10.6 Å². The molecule has 0 saturated carbocycles. The lowest BCUT2D eigenvalue weighted by Crippen LogP contribution is -2.22. The zero-order chi connectivity index (χ0) is 16.7. The Kier molecular flexibility index (Phi) is 3.87. The van der Waals surface area contributed by atoms with E-state index in [1.165, 1.54) is 33.3 Å². The SMILES string of the molecule is N#CCSc1nc2sc3c(c2c(=O)n1-c1ccc(F)cc1)CCC3. The number of hydrogen-bond donors (Lipinski definition) is 0. The number of halogens is 1. The van der Waals surface area contributed by atoms with E-state index >= 15 is 0 Å². The van der Waals surface area contributed by atoms with Crippen molar-refractivity contribution in [3.8, 4) is 11.8 Å². The predicted molar refractivity (Wildman–Crippen MR) is 93.5 cm³/mol. The summed E-state index contributed by atoms with van der Waals surface area (Å²) in [6.07, 6.45) is 2.96. The van der Waals surface area contributed by atoms with Gasteiger partial charge in [-0.1, -0.05) is 11.8 Å². The molecule has 120 valence electrons. The summed E-state index contributed by atoms with van der Waals surface area (Å²) in [6, 6.07) is 7.83. The molecular formula is C17H12FN3OS2. The van der Waals surface area contributed by atoms with Gasteiger partial charge in [0.15, 0.2) is 5.16 Å². The Bertz CT molecular complexity index is 1030. The Morgan fingerprint density at radius 2 is 2.12 bits per heavy atom. The molecule has 0 atom stereocenters. The van der Waals surface area contributed by atoms with E-state index in [1.807, 2.05) is 0 Å². The van der Waals surface area contributed by atoms with Crippen molar-refractivity contribution in [2.45, 2.75) is 24.4 Å². The molecule has 0 radical (unpaired) electrons. The molecule has 1 aliphatic carbocycles. The van der Waals surface area contributed by atoms with Crippen LogP contribution in [0.15, 0.2) is 34.2 Å². The van der Waals surface area contributed by atoms with Crippen LogP contribution >= 0.6 is 23.1 Å². The molecule has 7 heteroatoms. The third-order valence-electron chi connectivity index (χ3n) is 4.06. The maximum atomic E-state index is 13.2. The number of nitriles is 1. The first kappa shape index (κ1) is 15.4. The number of aromatic nitrogens is 2. The number of thiophene rings is 1. The number of fused-ring (bicyclic) bond motifs is 3. The molecule has 1 aliphatic rings. The minimum Gasteiger partial charge on any atom is -0.268 e. The number of benzene rings is 1. The molecule has 0 fully saturated rings. The first-order valence-electron chi connectivity index (χ1n) is 7.52. The van der Waals surface area contributed by atoms with Crippen LogP contribution in [-0.2, 0) is 12.8 Å². The van der Waals surface area contributed by atoms with Gasteiger partial charge in [0.05, 0.1) is 22.9 Å². The Balaban J connectivity index is 2.01. The van der Waals surface area contributed by atoms with E-state index in [0.29, 0.717) is 16.2 Å². The van der Waals surface area contributed by atoms with Crippen molar-refractivity contribution in [3.05, 3.63) is 50.9 Å². The Morgan fingerprint density at radius 3 is 2.88 bits per heavy atom. The van der Waals surface area contributed by atoms with Crippen molar-refractivity contribution in [2.75, 3.05) is 5.75 Å². The lowest BCUT2D eigenvalue weighted by molar-refractivity contribution is 0.627. The molecule has 2 aromatic heterocycles. The summed E-state index contributed by atoms with van der Waals surface area (Å²) in [5.41, 5.74) is 1.54. The first-order chi connectivity index (χ1) is 11.7. The van der Waals surface area contributed by atoms with Crippen molar-refractivity contribution in [3.63, 3.8) is 0 Å². The molecule has 0 saturated heterocycles. The van der Waals surface area contributed by atoms with Gasteiger partial charge in [0, 0.05) is 4.88 Å². The molecule has 4 nitrogen and oxygen atoms in total. The van der Waals surface area contributed by atoms with E-state index in [4.69, 9.17) is 5.26 Å². The molecule has 4 rings (SSSR count). The van der Waals surface area contributed by atoms with Gasteiger partial charge in [-0.05, 0) is 49.1 Å². The highest BCUT2D eigenvalue weighted by Crippen LogP contribution is 2.36. The summed E-state index contributed by atoms with van der Waals surface area (Å²) < 4.78 is 14.7. The van der Waals surface area contributed by atoms with E-state index in [2.05, 4.69) is 11.1 Å². The fourth-order valence-corrected chi connectivity index (χ4v) is 5.01. The van der Waals surface area contributed by atoms with Crippen LogP contribution in [0.5, 0.6) is 0 Å². The Labute approximate surface area is 145 Å². The standard InChI is InChI=1S/C17H12FN3OS2/c18-10-4-6-11(7-5-10)21-16(22)14-12-2-1-3-13(12)24-15(14)20-17(21)23-9-8-19/h4-7H,1-3,9H2. The molecule has 0 unspecified atom stereocenters. The number of rotatable bonds is 3. The topological polar surface area (TPSA) is 58.7 Å². The van der Waals surface area contributed by atoms with Crippen LogP contribution in [0.1, 0.15) is 16.9 Å². The van der Waals surface area contributed by atoms with E-state index in [-0.39, 0.29) is 17.1 Å². The highest BCUT2D eigenvalue weighted by Gasteiger charge is 2.23. The van der Waals surface area contributed by atoms with E-state index in [1.54, 1.807) is 23.5 Å². The zero-order valence-electron chi connectivity index (χ0n) is 12.6. The van der Waals surface area contributed by atoms with Gasteiger partial charge in [-0.3, -0.25) is 9.36 Å². The summed E-state index contributed by atoms with van der Waals surface area (Å²) in [5.74, 6) is -0.159. The average molecular weight is 357 g/mol. The van der Waals surface area contributed by atoms with Gasteiger partial charge in [-0.25, -0.2) is 9.37 Å². The molecule has 2 heterocycles. The van der Waals surface area contributed by atoms with Gasteiger partial charge < -0.3 is 0 Å². The van der Waals surface area contributed by atoms with Crippen molar-refractivity contribution in [1.82, 2.24) is 9.55 Å². The molecule has 0 bridgehead atoms. The minimum absolute atomic E-state index is 0.133. The van der Waals surface area contributed by atoms with E-state index in [9.17, 15) is 9.18 Å². The van der Waals surface area contributed by atoms with Crippen LogP contribution in [-0.4, -0.2) is 15.3 Å². The quantitative estimate of drug-likeness (QED) is 0.530. The van der Waals surface area contributed by atoms with Gasteiger partial charge in [-0.15, -0.1) is 11.3 Å². The van der Waals surface area contributed by atoms with Gasteiger partial charge in [-0.2, -0.15) is 5.26 Å². The molecule has 1 aromatic carbocycles. The summed E-state index contributed by atoms with van der Waals surface area (Å²) in [5, 5.41) is 10.0. The zero-order valence-corrected chi connectivity index (χ0v) is 14.2. The number of thioether (sulfide) groups is 1. The van der Waals surface area contributed by atoms with Crippen molar-refractivity contribution in [1.29, 1.82) is 5.26 Å². The second-order valence-corrected chi connectivity index (χ2v) is 7.52. The fourth-order valence-electron chi connectivity index (χ4n) is 3.04. The molecule has 24 heavy (non-hydrogen) atoms. The minimum atomic E-state index is -0.358. The van der Waals surface area contributed by atoms with Crippen LogP contribution in [0.25, 0.3) is 15.9 Å². The van der Waals surface area contributed by atoms with E-state index < -0.39 is 0 Å². The third kappa shape index (κ3) is 2.43. The Morgan fingerprint density at radius 1 is 1.33 bits per heavy atom. The normalized spacial score (nSPS) is 13.2. The van der Waals surface area contributed by atoms with Crippen LogP contribution in [0.4, 0.5) is 4.39 Å². The van der Waals surface area contributed by atoms with Crippen molar-refractivity contribution < 1.29 is 4.39 Å². The van der Waals surface area contributed by atoms with Crippen molar-refractivity contribution >= 4 is 33.3 Å². The van der Waals surface area contributed by atoms with Crippen molar-refractivity contribution in [2.24, 2.45) is 0 Å². The molecule has 0 spiro atoms. The van der Waals surface area contributed by atoms with Gasteiger partial charge in [0.2, 0.25) is 0 Å². The lowest BCUT2D eigenvalue weighted by Gasteiger charge is -2.11. The lowest BCUT2D eigenvalue weighted by atomic mass is 10.2. The summed E-state index contributed by atoms with van der Waals surface area (Å²) in [7, 11) is 0.